The van der Waals surface area contributed by atoms with E-state index in [4.69, 9.17) is 0 Å². The summed E-state index contributed by atoms with van der Waals surface area (Å²) in [7, 11) is -3.92. The normalized spacial score (nSPS) is 11.0. The van der Waals surface area contributed by atoms with Gasteiger partial charge < -0.3 is 4.98 Å². The standard InChI is InChI=1S/C14H14N2O3S2/c1-2-9-20-13-6-4-3-5-11(13)16-21(18,19)14-10-15-8-7-12(14)17/h2-8,10,16H,1,9H2,(H,15,17). The fraction of sp³-hybridized carbons (Fsp3) is 0.0714. The monoisotopic (exact) mass is 322 g/mol. The molecular formula is C14H14N2O3S2. The van der Waals surface area contributed by atoms with Crippen molar-refractivity contribution in [2.45, 2.75) is 9.79 Å². The molecule has 110 valence electrons. The number of sulfonamides is 1. The smallest absolute Gasteiger partial charge is 0.267 e. The second-order valence-corrected chi connectivity index (χ2v) is 6.79. The predicted octanol–water partition coefficient (Wildman–Crippen LogP) is 2.45. The SMILES string of the molecule is C=CCSc1ccccc1NS(=O)(=O)c1c[nH]ccc1=O. The van der Waals surface area contributed by atoms with Gasteiger partial charge >= 0.3 is 0 Å². The number of nitrogens with one attached hydrogen (secondary N) is 2. The number of rotatable bonds is 6. The van der Waals surface area contributed by atoms with Crippen molar-refractivity contribution >= 4 is 27.5 Å². The van der Waals surface area contributed by atoms with E-state index in [-0.39, 0.29) is 4.90 Å². The van der Waals surface area contributed by atoms with Gasteiger partial charge in [-0.2, -0.15) is 0 Å². The molecule has 0 atom stereocenters. The molecule has 2 rings (SSSR count). The van der Waals surface area contributed by atoms with Crippen molar-refractivity contribution in [2.24, 2.45) is 0 Å². The van der Waals surface area contributed by atoms with Gasteiger partial charge in [-0.05, 0) is 12.1 Å². The molecule has 0 radical (unpaired) electrons. The zero-order chi connectivity index (χ0) is 15.3. The molecule has 1 heterocycles. The third-order valence-electron chi connectivity index (χ3n) is 2.57. The maximum atomic E-state index is 12.3. The van der Waals surface area contributed by atoms with E-state index in [1.54, 1.807) is 24.3 Å². The van der Waals surface area contributed by atoms with Crippen LogP contribution in [-0.4, -0.2) is 19.2 Å². The van der Waals surface area contributed by atoms with E-state index in [9.17, 15) is 13.2 Å². The second-order valence-electron chi connectivity index (χ2n) is 4.07. The minimum atomic E-state index is -3.92. The van der Waals surface area contributed by atoms with Crippen LogP contribution in [0.2, 0.25) is 0 Å². The first-order chi connectivity index (χ1) is 10.0. The van der Waals surface area contributed by atoms with Crippen LogP contribution in [0.25, 0.3) is 0 Å². The molecule has 0 bridgehead atoms. The number of pyridine rings is 1. The van der Waals surface area contributed by atoms with Crippen molar-refractivity contribution < 1.29 is 8.42 Å². The Kier molecular flexibility index (Phi) is 4.87. The fourth-order valence-corrected chi connectivity index (χ4v) is 3.58. The number of para-hydroxylation sites is 1. The van der Waals surface area contributed by atoms with Gasteiger partial charge in [-0.15, -0.1) is 18.3 Å². The van der Waals surface area contributed by atoms with Gasteiger partial charge in [-0.25, -0.2) is 8.42 Å². The summed E-state index contributed by atoms with van der Waals surface area (Å²) in [4.78, 5) is 14.7. The van der Waals surface area contributed by atoms with Crippen LogP contribution in [-0.2, 0) is 10.0 Å². The lowest BCUT2D eigenvalue weighted by Gasteiger charge is -2.11. The summed E-state index contributed by atoms with van der Waals surface area (Å²) in [5, 5.41) is 0. The van der Waals surface area contributed by atoms with Gasteiger partial charge in [0.15, 0.2) is 4.90 Å². The van der Waals surface area contributed by atoms with Gasteiger partial charge in [0.2, 0.25) is 5.43 Å². The van der Waals surface area contributed by atoms with Crippen LogP contribution in [0.4, 0.5) is 5.69 Å². The number of H-pyrrole nitrogens is 1. The Morgan fingerprint density at radius 1 is 1.29 bits per heavy atom. The van der Waals surface area contributed by atoms with Gasteiger partial charge in [-0.1, -0.05) is 18.2 Å². The van der Waals surface area contributed by atoms with Gasteiger partial charge in [-0.3, -0.25) is 9.52 Å². The molecule has 21 heavy (non-hydrogen) atoms. The second kappa shape index (κ2) is 6.64. The molecule has 7 heteroatoms. The molecule has 0 aliphatic rings. The van der Waals surface area contributed by atoms with E-state index in [0.29, 0.717) is 11.4 Å². The molecule has 0 fully saturated rings. The van der Waals surface area contributed by atoms with Crippen LogP contribution in [0, 0.1) is 0 Å². The average molecular weight is 322 g/mol. The van der Waals surface area contributed by atoms with Gasteiger partial charge in [0.1, 0.15) is 0 Å². The topological polar surface area (TPSA) is 79.0 Å². The molecule has 1 aromatic heterocycles. The summed E-state index contributed by atoms with van der Waals surface area (Å²) in [5.74, 6) is 0.657. The average Bonchev–Trinajstić information content (AvgIpc) is 2.46. The molecule has 0 aliphatic carbocycles. The molecule has 0 spiro atoms. The molecule has 2 N–H and O–H groups in total. The Morgan fingerprint density at radius 2 is 2.05 bits per heavy atom. The molecule has 0 aliphatic heterocycles. The highest BCUT2D eigenvalue weighted by molar-refractivity contribution is 7.99. The summed E-state index contributed by atoms with van der Waals surface area (Å²) >= 11 is 1.46. The Balaban J connectivity index is 2.36. The van der Waals surface area contributed by atoms with E-state index in [1.807, 2.05) is 6.07 Å². The summed E-state index contributed by atoms with van der Waals surface area (Å²) in [6.45, 7) is 3.63. The third-order valence-corrected chi connectivity index (χ3v) is 5.02. The zero-order valence-corrected chi connectivity index (χ0v) is 12.7. The van der Waals surface area contributed by atoms with E-state index in [0.717, 1.165) is 4.90 Å². The summed E-state index contributed by atoms with van der Waals surface area (Å²) in [5.41, 5.74) is -0.120. The summed E-state index contributed by atoms with van der Waals surface area (Å²) < 4.78 is 27.0. The summed E-state index contributed by atoms with van der Waals surface area (Å²) in [6, 6.07) is 8.18. The first-order valence-electron chi connectivity index (χ1n) is 6.07. The lowest BCUT2D eigenvalue weighted by atomic mass is 10.3. The lowest BCUT2D eigenvalue weighted by molar-refractivity contribution is 0.600. The van der Waals surface area contributed by atoms with Crippen LogP contribution in [0.3, 0.4) is 0 Å². The van der Waals surface area contributed by atoms with E-state index < -0.39 is 15.5 Å². The molecule has 0 unspecified atom stereocenters. The Bertz CT molecular complexity index is 798. The van der Waals surface area contributed by atoms with Crippen molar-refractivity contribution in [2.75, 3.05) is 10.5 Å². The predicted molar refractivity (Wildman–Crippen MR) is 85.2 cm³/mol. The largest absolute Gasteiger partial charge is 0.366 e. The van der Waals surface area contributed by atoms with Crippen LogP contribution in [0.5, 0.6) is 0 Å². The number of benzene rings is 1. The lowest BCUT2D eigenvalue weighted by Crippen LogP contribution is -2.21. The molecule has 2 aromatic rings. The molecule has 0 amide bonds. The highest BCUT2D eigenvalue weighted by Crippen LogP contribution is 2.28. The highest BCUT2D eigenvalue weighted by Gasteiger charge is 2.19. The van der Waals surface area contributed by atoms with Crippen molar-refractivity contribution in [3.05, 3.63) is 65.6 Å². The van der Waals surface area contributed by atoms with Crippen molar-refractivity contribution in [1.29, 1.82) is 0 Å². The third kappa shape index (κ3) is 3.77. The molecule has 0 saturated carbocycles. The maximum Gasteiger partial charge on any atom is 0.267 e. The Labute approximate surface area is 127 Å². The van der Waals surface area contributed by atoms with E-state index in [2.05, 4.69) is 16.3 Å². The molecular weight excluding hydrogens is 308 g/mol. The molecule has 0 saturated heterocycles. The number of thioether (sulfide) groups is 1. The Hall–Kier alpha value is -1.99. The Morgan fingerprint density at radius 3 is 2.76 bits per heavy atom. The van der Waals surface area contributed by atoms with Crippen LogP contribution >= 0.6 is 11.8 Å². The quantitative estimate of drug-likeness (QED) is 0.632. The van der Waals surface area contributed by atoms with E-state index in [1.165, 1.54) is 30.2 Å². The fourth-order valence-electron chi connectivity index (χ4n) is 1.64. The zero-order valence-electron chi connectivity index (χ0n) is 11.1. The first kappa shape index (κ1) is 15.4. The van der Waals surface area contributed by atoms with Crippen molar-refractivity contribution in [3.8, 4) is 0 Å². The van der Waals surface area contributed by atoms with Crippen LogP contribution in [0.15, 0.2) is 70.0 Å². The highest BCUT2D eigenvalue weighted by atomic mass is 32.2. The van der Waals surface area contributed by atoms with Crippen molar-refractivity contribution in [1.82, 2.24) is 4.98 Å². The van der Waals surface area contributed by atoms with Crippen LogP contribution in [0.1, 0.15) is 0 Å². The first-order valence-corrected chi connectivity index (χ1v) is 8.54. The minimum absolute atomic E-state index is 0.312. The minimum Gasteiger partial charge on any atom is -0.366 e. The van der Waals surface area contributed by atoms with Gasteiger partial charge in [0, 0.05) is 29.1 Å². The number of aromatic amines is 1. The molecule has 1 aromatic carbocycles. The number of hydrogen-bond acceptors (Lipinski definition) is 4. The van der Waals surface area contributed by atoms with Gasteiger partial charge in [0.25, 0.3) is 10.0 Å². The molecule has 5 nitrogen and oxygen atoms in total. The number of anilines is 1. The van der Waals surface area contributed by atoms with Crippen molar-refractivity contribution in [3.63, 3.8) is 0 Å². The van der Waals surface area contributed by atoms with Crippen LogP contribution < -0.4 is 10.2 Å². The maximum absolute atomic E-state index is 12.3. The van der Waals surface area contributed by atoms with E-state index >= 15 is 0 Å². The number of hydrogen-bond donors (Lipinski definition) is 2. The number of aromatic nitrogens is 1. The summed E-state index contributed by atoms with van der Waals surface area (Å²) in [6.07, 6.45) is 4.29. The van der Waals surface area contributed by atoms with Gasteiger partial charge in [0.05, 0.1) is 5.69 Å².